The minimum Gasteiger partial charge on any atom is -0.496 e. The van der Waals surface area contributed by atoms with E-state index < -0.39 is 22.4 Å². The fourth-order valence-corrected chi connectivity index (χ4v) is 3.40. The van der Waals surface area contributed by atoms with Crippen LogP contribution in [0.4, 0.5) is 10.5 Å². The molecule has 9 heteroatoms. The summed E-state index contributed by atoms with van der Waals surface area (Å²) in [5, 5.41) is 13.5. The third-order valence-electron chi connectivity index (χ3n) is 4.50. The highest BCUT2D eigenvalue weighted by molar-refractivity contribution is 9.10. The summed E-state index contributed by atoms with van der Waals surface area (Å²) >= 11 is 3.37. The van der Waals surface area contributed by atoms with Gasteiger partial charge in [0.15, 0.2) is 0 Å². The molecule has 0 saturated carbocycles. The van der Waals surface area contributed by atoms with Crippen molar-refractivity contribution in [3.63, 3.8) is 0 Å². The van der Waals surface area contributed by atoms with Gasteiger partial charge in [-0.1, -0.05) is 15.9 Å². The van der Waals surface area contributed by atoms with Gasteiger partial charge in [-0.25, -0.2) is 4.79 Å². The van der Waals surface area contributed by atoms with E-state index in [9.17, 15) is 19.7 Å². The van der Waals surface area contributed by atoms with Crippen LogP contribution < -0.4 is 10.1 Å². The predicted octanol–water partition coefficient (Wildman–Crippen LogP) is 3.33. The number of urea groups is 1. The van der Waals surface area contributed by atoms with Crippen LogP contribution in [0.25, 0.3) is 0 Å². The zero-order valence-corrected chi connectivity index (χ0v) is 16.1. The number of halogens is 1. The smallest absolute Gasteiger partial charge is 0.325 e. The first-order valence-corrected chi connectivity index (χ1v) is 8.77. The summed E-state index contributed by atoms with van der Waals surface area (Å²) in [4.78, 5) is 36.9. The molecule has 1 heterocycles. The molecule has 8 nitrogen and oxygen atoms in total. The van der Waals surface area contributed by atoms with Gasteiger partial charge in [0.2, 0.25) is 0 Å². The summed E-state index contributed by atoms with van der Waals surface area (Å²) in [6.45, 7) is 1.61. The van der Waals surface area contributed by atoms with Gasteiger partial charge >= 0.3 is 6.03 Å². The second-order valence-electron chi connectivity index (χ2n) is 6.21. The molecule has 0 spiro atoms. The van der Waals surface area contributed by atoms with Crippen molar-refractivity contribution in [1.29, 1.82) is 0 Å². The molecule has 1 unspecified atom stereocenters. The van der Waals surface area contributed by atoms with Gasteiger partial charge in [-0.05, 0) is 42.8 Å². The lowest BCUT2D eigenvalue weighted by Crippen LogP contribution is -2.40. The van der Waals surface area contributed by atoms with Gasteiger partial charge in [-0.15, -0.1) is 0 Å². The number of nitro groups is 1. The number of ether oxygens (including phenoxy) is 1. The molecule has 3 amide bonds. The molecule has 1 aliphatic rings. The van der Waals surface area contributed by atoms with Crippen molar-refractivity contribution in [1.82, 2.24) is 10.2 Å². The van der Waals surface area contributed by atoms with Crippen LogP contribution in [0.2, 0.25) is 0 Å². The number of nitro benzene ring substituents is 1. The molecule has 2 aromatic rings. The number of rotatable bonds is 5. The third kappa shape index (κ3) is 3.37. The highest BCUT2D eigenvalue weighted by Gasteiger charge is 2.49. The molecule has 140 valence electrons. The lowest BCUT2D eigenvalue weighted by molar-refractivity contribution is -0.384. The number of carbonyl (C=O) groups excluding carboxylic acids is 2. The third-order valence-corrected chi connectivity index (χ3v) is 4.99. The van der Waals surface area contributed by atoms with E-state index in [1.54, 1.807) is 25.1 Å². The monoisotopic (exact) mass is 433 g/mol. The fraction of sp³-hybridized carbons (Fsp3) is 0.222. The Morgan fingerprint density at radius 3 is 2.48 bits per heavy atom. The molecule has 0 aliphatic carbocycles. The van der Waals surface area contributed by atoms with E-state index in [2.05, 4.69) is 21.2 Å². The molecule has 0 bridgehead atoms. The summed E-state index contributed by atoms with van der Waals surface area (Å²) < 4.78 is 6.09. The first-order chi connectivity index (χ1) is 12.8. The molecule has 1 fully saturated rings. The number of hydrogen-bond donors (Lipinski definition) is 1. The van der Waals surface area contributed by atoms with Gasteiger partial charge in [-0.2, -0.15) is 0 Å². The number of benzene rings is 2. The van der Waals surface area contributed by atoms with Crippen LogP contribution in [0.5, 0.6) is 5.75 Å². The normalized spacial score (nSPS) is 19.1. The van der Waals surface area contributed by atoms with Gasteiger partial charge < -0.3 is 10.1 Å². The van der Waals surface area contributed by atoms with E-state index in [1.165, 1.54) is 31.4 Å². The molecule has 3 rings (SSSR count). The SMILES string of the molecule is COc1ccc(Br)cc1CN1C(=O)NC(C)(c2ccc([N+](=O)[O-])cc2)C1=O. The van der Waals surface area contributed by atoms with Crippen LogP contribution in [-0.2, 0) is 16.9 Å². The zero-order chi connectivity index (χ0) is 19.8. The van der Waals surface area contributed by atoms with Crippen molar-refractivity contribution in [2.75, 3.05) is 7.11 Å². The largest absolute Gasteiger partial charge is 0.496 e. The molecule has 1 atom stereocenters. The van der Waals surface area contributed by atoms with Gasteiger partial charge in [0.05, 0.1) is 18.6 Å². The van der Waals surface area contributed by atoms with Gasteiger partial charge in [0, 0.05) is 22.2 Å². The summed E-state index contributed by atoms with van der Waals surface area (Å²) in [6.07, 6.45) is 0. The summed E-state index contributed by atoms with van der Waals surface area (Å²) in [5.41, 5.74) is -0.251. The molecule has 0 radical (unpaired) electrons. The maximum absolute atomic E-state index is 13.0. The Balaban J connectivity index is 1.90. The second kappa shape index (κ2) is 6.99. The van der Waals surface area contributed by atoms with Crippen LogP contribution in [-0.4, -0.2) is 28.9 Å². The summed E-state index contributed by atoms with van der Waals surface area (Å²) in [5.74, 6) is 0.117. The highest BCUT2D eigenvalue weighted by Crippen LogP contribution is 2.32. The van der Waals surface area contributed by atoms with Gasteiger partial charge in [0.1, 0.15) is 11.3 Å². The van der Waals surface area contributed by atoms with Crippen molar-refractivity contribution in [2.45, 2.75) is 19.0 Å². The summed E-state index contributed by atoms with van der Waals surface area (Å²) in [7, 11) is 1.51. The number of amides is 3. The topological polar surface area (TPSA) is 102 Å². The average molecular weight is 434 g/mol. The van der Waals surface area contributed by atoms with Crippen LogP contribution in [0.15, 0.2) is 46.9 Å². The second-order valence-corrected chi connectivity index (χ2v) is 7.12. The maximum Gasteiger partial charge on any atom is 0.325 e. The number of hydrogen-bond acceptors (Lipinski definition) is 5. The van der Waals surface area contributed by atoms with Crippen molar-refractivity contribution >= 4 is 33.6 Å². The number of methoxy groups -OCH3 is 1. The molecule has 0 aromatic heterocycles. The number of nitrogens with one attached hydrogen (secondary N) is 1. The van der Waals surface area contributed by atoms with Gasteiger partial charge in [-0.3, -0.25) is 19.8 Å². The molecule has 1 N–H and O–H groups in total. The van der Waals surface area contributed by atoms with Crippen LogP contribution in [0.1, 0.15) is 18.1 Å². The van der Waals surface area contributed by atoms with E-state index >= 15 is 0 Å². The maximum atomic E-state index is 13.0. The quantitative estimate of drug-likeness (QED) is 0.442. The van der Waals surface area contributed by atoms with E-state index in [4.69, 9.17) is 4.74 Å². The standard InChI is InChI=1S/C18H16BrN3O5/c1-18(12-3-6-14(7-4-12)22(25)26)16(23)21(17(24)20-18)10-11-9-13(19)5-8-15(11)27-2/h3-9H,10H2,1-2H3,(H,20,24). The molecule has 1 aliphatic heterocycles. The Kier molecular flexibility index (Phi) is 4.88. The van der Waals surface area contributed by atoms with E-state index in [1.807, 2.05) is 0 Å². The minimum atomic E-state index is -1.30. The van der Waals surface area contributed by atoms with Crippen molar-refractivity contribution < 1.29 is 19.2 Å². The van der Waals surface area contributed by atoms with Crippen LogP contribution in [0.3, 0.4) is 0 Å². The minimum absolute atomic E-state index is 0.0376. The van der Waals surface area contributed by atoms with Crippen LogP contribution >= 0.6 is 15.9 Å². The predicted molar refractivity (Wildman–Crippen MR) is 100 cm³/mol. The Morgan fingerprint density at radius 1 is 1.22 bits per heavy atom. The van der Waals surface area contributed by atoms with Gasteiger partial charge in [0.25, 0.3) is 11.6 Å². The van der Waals surface area contributed by atoms with E-state index in [-0.39, 0.29) is 12.2 Å². The van der Waals surface area contributed by atoms with Crippen molar-refractivity contribution in [2.24, 2.45) is 0 Å². The first-order valence-electron chi connectivity index (χ1n) is 7.97. The molecular weight excluding hydrogens is 418 g/mol. The molecule has 2 aromatic carbocycles. The zero-order valence-electron chi connectivity index (χ0n) is 14.6. The Morgan fingerprint density at radius 2 is 1.89 bits per heavy atom. The van der Waals surface area contributed by atoms with Crippen LogP contribution in [0, 0.1) is 10.1 Å². The Bertz CT molecular complexity index is 931. The number of carbonyl (C=O) groups is 2. The number of non-ortho nitro benzene ring substituents is 1. The number of imide groups is 1. The Labute approximate surface area is 163 Å². The fourth-order valence-electron chi connectivity index (χ4n) is 2.99. The molecule has 27 heavy (non-hydrogen) atoms. The average Bonchev–Trinajstić information content (AvgIpc) is 2.86. The Hall–Kier alpha value is -2.94. The lowest BCUT2D eigenvalue weighted by Gasteiger charge is -2.22. The highest BCUT2D eigenvalue weighted by atomic mass is 79.9. The van der Waals surface area contributed by atoms with E-state index in [0.29, 0.717) is 16.9 Å². The summed E-state index contributed by atoms with van der Waals surface area (Å²) in [6, 6.07) is 10.3. The van der Waals surface area contributed by atoms with E-state index in [0.717, 1.165) is 9.37 Å². The first kappa shape index (κ1) is 18.8. The van der Waals surface area contributed by atoms with Crippen molar-refractivity contribution in [3.8, 4) is 5.75 Å². The number of nitrogens with zero attached hydrogens (tertiary/aromatic N) is 2. The van der Waals surface area contributed by atoms with Crippen molar-refractivity contribution in [3.05, 3.63) is 68.2 Å². The molecule has 1 saturated heterocycles. The molecular formula is C18H16BrN3O5. The lowest BCUT2D eigenvalue weighted by atomic mass is 9.92.